The van der Waals surface area contributed by atoms with Gasteiger partial charge in [-0.2, -0.15) is 0 Å². The average Bonchev–Trinajstić information content (AvgIpc) is 3.46. The van der Waals surface area contributed by atoms with Crippen LogP contribution in [0.15, 0.2) is 53.6 Å². The maximum atomic E-state index is 12.9. The normalized spacial score (nSPS) is 15.6. The molecule has 7 nitrogen and oxygen atoms in total. The third-order valence-corrected chi connectivity index (χ3v) is 7.52. The zero-order chi connectivity index (χ0) is 23.5. The third-order valence-electron chi connectivity index (χ3n) is 6.48. The van der Waals surface area contributed by atoms with Gasteiger partial charge in [0.1, 0.15) is 6.54 Å². The van der Waals surface area contributed by atoms with Crippen LogP contribution < -0.4 is 14.8 Å². The fraction of sp³-hybridized carbons (Fsp3) is 0.385. The van der Waals surface area contributed by atoms with Crippen molar-refractivity contribution >= 4 is 34.5 Å². The zero-order valence-electron chi connectivity index (χ0n) is 19.3. The number of likely N-dealkylation sites (tertiary alicyclic amines) is 1. The molecule has 0 bridgehead atoms. The first-order chi connectivity index (χ1) is 16.6. The van der Waals surface area contributed by atoms with Crippen molar-refractivity contribution in [2.45, 2.75) is 37.8 Å². The Labute approximate surface area is 203 Å². The highest BCUT2D eigenvalue weighted by molar-refractivity contribution is 8.00. The fourth-order valence-electron chi connectivity index (χ4n) is 4.41. The third kappa shape index (κ3) is 5.01. The van der Waals surface area contributed by atoms with Gasteiger partial charge in [-0.05, 0) is 42.5 Å². The number of amides is 2. The molecule has 0 unspecified atom stereocenters. The van der Waals surface area contributed by atoms with Gasteiger partial charge in [0.2, 0.25) is 18.6 Å². The number of benzene rings is 2. The van der Waals surface area contributed by atoms with Crippen LogP contribution in [-0.4, -0.2) is 46.9 Å². The van der Waals surface area contributed by atoms with Crippen molar-refractivity contribution in [3.63, 3.8) is 0 Å². The molecule has 0 atom stereocenters. The van der Waals surface area contributed by atoms with Crippen LogP contribution in [0.25, 0.3) is 10.9 Å². The number of ether oxygens (including phenoxy) is 2. The lowest BCUT2D eigenvalue weighted by Gasteiger charge is -2.30. The Morgan fingerprint density at radius 3 is 2.74 bits per heavy atom. The zero-order valence-corrected chi connectivity index (χ0v) is 20.1. The quantitative estimate of drug-likeness (QED) is 0.518. The molecule has 1 fully saturated rings. The summed E-state index contributed by atoms with van der Waals surface area (Å²) in [6.45, 7) is 4.91. The second kappa shape index (κ2) is 10.0. The molecule has 2 amide bonds. The van der Waals surface area contributed by atoms with Crippen molar-refractivity contribution in [3.05, 3.63) is 54.2 Å². The lowest BCUT2D eigenvalue weighted by Crippen LogP contribution is -2.39. The van der Waals surface area contributed by atoms with Gasteiger partial charge < -0.3 is 24.3 Å². The van der Waals surface area contributed by atoms with Crippen LogP contribution in [0.5, 0.6) is 11.5 Å². The predicted molar refractivity (Wildman–Crippen MR) is 132 cm³/mol. The first-order valence-electron chi connectivity index (χ1n) is 11.7. The second-order valence-corrected chi connectivity index (χ2v) is 9.97. The van der Waals surface area contributed by atoms with Gasteiger partial charge in [0.15, 0.2) is 11.5 Å². The lowest BCUT2D eigenvalue weighted by molar-refractivity contribution is -0.133. The van der Waals surface area contributed by atoms with Crippen molar-refractivity contribution in [1.29, 1.82) is 0 Å². The number of hydrogen-bond acceptors (Lipinski definition) is 5. The minimum Gasteiger partial charge on any atom is -0.454 e. The van der Waals surface area contributed by atoms with Crippen LogP contribution in [0.1, 0.15) is 25.3 Å². The van der Waals surface area contributed by atoms with Crippen molar-refractivity contribution < 1.29 is 19.1 Å². The van der Waals surface area contributed by atoms with Gasteiger partial charge in [-0.25, -0.2) is 0 Å². The number of fused-ring (bicyclic) bond motifs is 2. The molecule has 178 valence electrons. The van der Waals surface area contributed by atoms with Crippen LogP contribution in [-0.2, 0) is 22.7 Å². The van der Waals surface area contributed by atoms with Crippen LogP contribution >= 0.6 is 11.8 Å². The topological polar surface area (TPSA) is 72.8 Å². The molecule has 0 saturated carbocycles. The monoisotopic (exact) mass is 479 g/mol. The van der Waals surface area contributed by atoms with Crippen molar-refractivity contribution in [2.24, 2.45) is 5.92 Å². The lowest BCUT2D eigenvalue weighted by atomic mass is 9.99. The molecule has 1 aromatic heterocycles. The molecule has 2 aromatic carbocycles. The van der Waals surface area contributed by atoms with Gasteiger partial charge >= 0.3 is 0 Å². The van der Waals surface area contributed by atoms with E-state index in [9.17, 15) is 9.59 Å². The van der Waals surface area contributed by atoms with Crippen molar-refractivity contribution in [2.75, 3.05) is 25.6 Å². The Hall–Kier alpha value is -3.13. The van der Waals surface area contributed by atoms with Gasteiger partial charge in [-0.15, -0.1) is 11.8 Å². The molecule has 2 aliphatic heterocycles. The summed E-state index contributed by atoms with van der Waals surface area (Å²) in [5.74, 6) is 2.55. The molecule has 34 heavy (non-hydrogen) atoms. The molecule has 0 radical (unpaired) electrons. The number of nitrogens with zero attached hydrogens (tertiary/aromatic N) is 2. The Balaban J connectivity index is 1.20. The van der Waals surface area contributed by atoms with Gasteiger partial charge in [0.25, 0.3) is 0 Å². The molecule has 1 saturated heterocycles. The molecule has 3 heterocycles. The van der Waals surface area contributed by atoms with E-state index in [2.05, 4.69) is 12.2 Å². The van der Waals surface area contributed by atoms with Crippen LogP contribution in [0.3, 0.4) is 0 Å². The number of thioether (sulfide) groups is 1. The Morgan fingerprint density at radius 2 is 1.88 bits per heavy atom. The van der Waals surface area contributed by atoms with E-state index < -0.39 is 0 Å². The molecule has 2 aliphatic rings. The summed E-state index contributed by atoms with van der Waals surface area (Å²) >= 11 is 1.49. The molecule has 3 aromatic rings. The summed E-state index contributed by atoms with van der Waals surface area (Å²) in [6.07, 6.45) is 4.15. The van der Waals surface area contributed by atoms with Crippen LogP contribution in [0, 0.1) is 5.92 Å². The van der Waals surface area contributed by atoms with E-state index in [0.717, 1.165) is 53.0 Å². The number of nitrogens with one attached hydrogen (secondary N) is 1. The highest BCUT2D eigenvalue weighted by atomic mass is 32.2. The predicted octanol–water partition coefficient (Wildman–Crippen LogP) is 4.04. The summed E-state index contributed by atoms with van der Waals surface area (Å²) in [6, 6.07) is 13.7. The summed E-state index contributed by atoms with van der Waals surface area (Å²) in [5.41, 5.74) is 1.98. The van der Waals surface area contributed by atoms with E-state index in [4.69, 9.17) is 9.47 Å². The number of piperidine rings is 1. The Kier molecular flexibility index (Phi) is 6.67. The standard InChI is InChI=1S/C26H29N3O4S/c1-18-8-10-28(11-9-18)26(31)15-29-14-24(20-4-2-3-5-21(20)29)34-16-25(30)27-13-19-6-7-22-23(12-19)33-17-32-22/h2-7,12,14,18H,8-11,13,15-17H2,1H3,(H,27,30). The summed E-state index contributed by atoms with van der Waals surface area (Å²) in [4.78, 5) is 28.4. The van der Waals surface area contributed by atoms with E-state index >= 15 is 0 Å². The smallest absolute Gasteiger partial charge is 0.242 e. The summed E-state index contributed by atoms with van der Waals surface area (Å²) in [7, 11) is 0. The maximum absolute atomic E-state index is 12.9. The van der Waals surface area contributed by atoms with Crippen molar-refractivity contribution in [3.8, 4) is 11.5 Å². The SMILES string of the molecule is CC1CCN(C(=O)Cn2cc(SCC(=O)NCc3ccc4c(c3)OCO4)c3ccccc32)CC1. The highest BCUT2D eigenvalue weighted by Crippen LogP contribution is 2.33. The minimum atomic E-state index is -0.0435. The van der Waals surface area contributed by atoms with Gasteiger partial charge in [0.05, 0.1) is 5.75 Å². The minimum absolute atomic E-state index is 0.0435. The van der Waals surface area contributed by atoms with E-state index in [1.54, 1.807) is 0 Å². The molecule has 0 spiro atoms. The van der Waals surface area contributed by atoms with Gasteiger partial charge in [-0.3, -0.25) is 9.59 Å². The van der Waals surface area contributed by atoms with Crippen molar-refractivity contribution in [1.82, 2.24) is 14.8 Å². The Bertz CT molecular complexity index is 1200. The molecule has 0 aliphatic carbocycles. The van der Waals surface area contributed by atoms with E-state index in [-0.39, 0.29) is 18.6 Å². The second-order valence-electron chi connectivity index (χ2n) is 8.95. The number of carbonyl (C=O) groups is 2. The van der Waals surface area contributed by atoms with Gasteiger partial charge in [-0.1, -0.05) is 31.2 Å². The van der Waals surface area contributed by atoms with Crippen LogP contribution in [0.4, 0.5) is 0 Å². The number of aromatic nitrogens is 1. The molecular weight excluding hydrogens is 450 g/mol. The maximum Gasteiger partial charge on any atom is 0.242 e. The molecular formula is C26H29N3O4S. The van der Waals surface area contributed by atoms with E-state index in [1.165, 1.54) is 11.8 Å². The molecule has 8 heteroatoms. The first-order valence-corrected chi connectivity index (χ1v) is 12.7. The molecule has 5 rings (SSSR count). The highest BCUT2D eigenvalue weighted by Gasteiger charge is 2.21. The first kappa shape index (κ1) is 22.7. The van der Waals surface area contributed by atoms with E-state index in [1.807, 2.05) is 58.1 Å². The number of hydrogen-bond donors (Lipinski definition) is 1. The number of para-hydroxylation sites is 1. The Morgan fingerprint density at radius 1 is 1.09 bits per heavy atom. The number of carbonyl (C=O) groups excluding carboxylic acids is 2. The van der Waals surface area contributed by atoms with E-state index in [0.29, 0.717) is 30.5 Å². The average molecular weight is 480 g/mol. The van der Waals surface area contributed by atoms with Gasteiger partial charge in [0, 0.05) is 41.6 Å². The number of rotatable bonds is 7. The molecule has 1 N–H and O–H groups in total. The van der Waals surface area contributed by atoms with Crippen LogP contribution in [0.2, 0.25) is 0 Å². The summed E-state index contributed by atoms with van der Waals surface area (Å²) in [5, 5.41) is 4.04. The fourth-order valence-corrected chi connectivity index (χ4v) is 5.33. The summed E-state index contributed by atoms with van der Waals surface area (Å²) < 4.78 is 12.7. The largest absolute Gasteiger partial charge is 0.454 e.